The van der Waals surface area contributed by atoms with E-state index in [-0.39, 0.29) is 41.1 Å². The Morgan fingerprint density at radius 2 is 1.97 bits per heavy atom. The number of halogens is 2. The molecular formula is C22H27ClFN3O5S. The normalized spacial score (nSPS) is 17.1. The fraction of sp³-hybridized carbons (Fsp3) is 0.455. The predicted molar refractivity (Wildman–Crippen MR) is 122 cm³/mol. The Hall–Kier alpha value is -2.43. The summed E-state index contributed by atoms with van der Waals surface area (Å²) in [6.07, 6.45) is 0.964. The highest BCUT2D eigenvalue weighted by atomic mass is 35.5. The van der Waals surface area contributed by atoms with Gasteiger partial charge in [-0.25, -0.2) is 17.6 Å². The molecule has 1 fully saturated rings. The van der Waals surface area contributed by atoms with Crippen LogP contribution in [-0.2, 0) is 26.6 Å². The number of anilines is 1. The molecule has 8 nitrogen and oxygen atoms in total. The minimum Gasteiger partial charge on any atom is -0.462 e. The second-order valence-corrected chi connectivity index (χ2v) is 10.3. The minimum absolute atomic E-state index is 0.0179. The number of nitrogens with one attached hydrogen (secondary N) is 1. The van der Waals surface area contributed by atoms with Crippen LogP contribution in [0.25, 0.3) is 0 Å². The van der Waals surface area contributed by atoms with Crippen LogP contribution < -0.4 is 5.32 Å². The van der Waals surface area contributed by atoms with Crippen LogP contribution in [0.15, 0.2) is 23.1 Å². The van der Waals surface area contributed by atoms with Crippen molar-refractivity contribution in [2.45, 2.75) is 38.5 Å². The summed E-state index contributed by atoms with van der Waals surface area (Å²) >= 11 is 5.77. The van der Waals surface area contributed by atoms with Gasteiger partial charge < -0.3 is 14.6 Å². The molecule has 1 N–H and O–H groups in total. The summed E-state index contributed by atoms with van der Waals surface area (Å²) in [4.78, 5) is 25.3. The molecule has 11 heteroatoms. The fourth-order valence-corrected chi connectivity index (χ4v) is 6.18. The second-order valence-electron chi connectivity index (χ2n) is 7.97. The van der Waals surface area contributed by atoms with Gasteiger partial charge in [0, 0.05) is 37.2 Å². The van der Waals surface area contributed by atoms with Crippen molar-refractivity contribution in [3.8, 4) is 0 Å². The molecule has 0 saturated carbocycles. The van der Waals surface area contributed by atoms with Crippen molar-refractivity contribution in [2.75, 3.05) is 25.0 Å². The number of rotatable bonds is 6. The Morgan fingerprint density at radius 1 is 1.27 bits per heavy atom. The third-order valence-electron chi connectivity index (χ3n) is 5.94. The maximum atomic E-state index is 13.6. The molecule has 0 unspecified atom stereocenters. The Morgan fingerprint density at radius 3 is 2.61 bits per heavy atom. The van der Waals surface area contributed by atoms with E-state index in [9.17, 15) is 22.4 Å². The van der Waals surface area contributed by atoms with Crippen LogP contribution in [-0.4, -0.2) is 48.9 Å². The molecule has 0 radical (unpaired) electrons. The van der Waals surface area contributed by atoms with Gasteiger partial charge in [-0.15, -0.1) is 0 Å². The number of piperidine rings is 1. The van der Waals surface area contributed by atoms with Gasteiger partial charge in [0.2, 0.25) is 15.9 Å². The number of nitrogens with zero attached hydrogens (tertiary/aromatic N) is 2. The van der Waals surface area contributed by atoms with E-state index in [0.29, 0.717) is 29.9 Å². The summed E-state index contributed by atoms with van der Waals surface area (Å²) in [5, 5.41) is 2.55. The number of aromatic nitrogens is 1. The highest BCUT2D eigenvalue weighted by molar-refractivity contribution is 7.89. The van der Waals surface area contributed by atoms with E-state index in [0.717, 1.165) is 6.07 Å². The average Bonchev–Trinajstić information content (AvgIpc) is 3.01. The van der Waals surface area contributed by atoms with Crippen molar-refractivity contribution >= 4 is 39.2 Å². The van der Waals surface area contributed by atoms with Crippen LogP contribution in [0.2, 0.25) is 5.02 Å². The monoisotopic (exact) mass is 499 g/mol. The van der Waals surface area contributed by atoms with Crippen LogP contribution in [0.3, 0.4) is 0 Å². The van der Waals surface area contributed by atoms with Crippen molar-refractivity contribution in [2.24, 2.45) is 13.0 Å². The number of amides is 1. The molecule has 0 spiro atoms. The maximum Gasteiger partial charge on any atom is 0.341 e. The number of hydrogen-bond donors (Lipinski definition) is 1. The van der Waals surface area contributed by atoms with Crippen LogP contribution in [0.1, 0.15) is 41.5 Å². The van der Waals surface area contributed by atoms with E-state index in [2.05, 4.69) is 5.32 Å². The largest absolute Gasteiger partial charge is 0.462 e. The number of esters is 1. The molecule has 180 valence electrons. The first-order valence-electron chi connectivity index (χ1n) is 10.6. The summed E-state index contributed by atoms with van der Waals surface area (Å²) in [6, 6.07) is 3.83. The Kier molecular flexibility index (Phi) is 7.50. The van der Waals surface area contributed by atoms with Crippen molar-refractivity contribution < 1.29 is 27.1 Å². The standard InChI is InChI=1S/C22H27ClFN3O5S/c1-5-32-22(29)19-13(2)26(4)14(3)20(19)33(30,31)27-10-6-7-15(12-27)21(28)25-16-8-9-18(24)17(23)11-16/h8-9,11,15H,5-7,10,12H2,1-4H3,(H,25,28)/t15-/m1/s1. The molecule has 1 aliphatic rings. The number of sulfonamides is 1. The van der Waals surface area contributed by atoms with E-state index in [1.165, 1.54) is 16.4 Å². The van der Waals surface area contributed by atoms with E-state index in [1.54, 1.807) is 32.4 Å². The number of hydrogen-bond acceptors (Lipinski definition) is 5. The summed E-state index contributed by atoms with van der Waals surface area (Å²) in [5.74, 6) is -2.30. The van der Waals surface area contributed by atoms with Gasteiger partial charge in [-0.2, -0.15) is 4.31 Å². The minimum atomic E-state index is -4.08. The molecule has 33 heavy (non-hydrogen) atoms. The first-order chi connectivity index (χ1) is 15.5. The van der Waals surface area contributed by atoms with Gasteiger partial charge >= 0.3 is 5.97 Å². The first kappa shape index (κ1) is 25.2. The quantitative estimate of drug-likeness (QED) is 0.612. The molecule has 0 aliphatic carbocycles. The van der Waals surface area contributed by atoms with Gasteiger partial charge in [0.25, 0.3) is 0 Å². The molecular weight excluding hydrogens is 473 g/mol. The summed E-state index contributed by atoms with van der Waals surface area (Å²) < 4.78 is 48.6. The van der Waals surface area contributed by atoms with Gasteiger partial charge in [0.15, 0.2) is 0 Å². The molecule has 1 atom stereocenters. The summed E-state index contributed by atoms with van der Waals surface area (Å²) in [6.45, 7) is 5.25. The van der Waals surface area contributed by atoms with Crippen LogP contribution in [0.4, 0.5) is 10.1 Å². The third kappa shape index (κ3) is 4.92. The maximum absolute atomic E-state index is 13.6. The summed E-state index contributed by atoms with van der Waals surface area (Å²) in [5.41, 5.74) is 1.25. The van der Waals surface area contributed by atoms with Crippen LogP contribution in [0.5, 0.6) is 0 Å². The SMILES string of the molecule is CCOC(=O)c1c(S(=O)(=O)N2CCC[C@@H](C(=O)Nc3ccc(F)c(Cl)c3)C2)c(C)n(C)c1C. The van der Waals surface area contributed by atoms with Crippen molar-refractivity contribution in [1.82, 2.24) is 8.87 Å². The lowest BCUT2D eigenvalue weighted by Gasteiger charge is -2.31. The molecule has 0 bridgehead atoms. The smallest absolute Gasteiger partial charge is 0.341 e. The van der Waals surface area contributed by atoms with E-state index >= 15 is 0 Å². The zero-order chi connectivity index (χ0) is 24.5. The van der Waals surface area contributed by atoms with Gasteiger partial charge in [-0.1, -0.05) is 11.6 Å². The number of benzene rings is 1. The number of ether oxygens (including phenoxy) is 1. The molecule has 2 heterocycles. The topological polar surface area (TPSA) is 97.7 Å². The van der Waals surface area contributed by atoms with E-state index < -0.39 is 27.7 Å². The van der Waals surface area contributed by atoms with Crippen molar-refractivity contribution in [3.63, 3.8) is 0 Å². The zero-order valence-electron chi connectivity index (χ0n) is 18.9. The lowest BCUT2D eigenvalue weighted by Crippen LogP contribution is -2.44. The van der Waals surface area contributed by atoms with E-state index in [1.807, 2.05) is 0 Å². The first-order valence-corrected chi connectivity index (χ1v) is 12.4. The molecule has 2 aromatic rings. The van der Waals surface area contributed by atoms with Gasteiger partial charge in [0.05, 0.1) is 17.5 Å². The highest BCUT2D eigenvalue weighted by Gasteiger charge is 2.39. The lowest BCUT2D eigenvalue weighted by atomic mass is 9.99. The molecule has 3 rings (SSSR count). The Labute approximate surface area is 197 Å². The van der Waals surface area contributed by atoms with Crippen molar-refractivity contribution in [3.05, 3.63) is 46.0 Å². The number of carbonyl (C=O) groups is 2. The Balaban J connectivity index is 1.88. The van der Waals surface area contributed by atoms with Gasteiger partial charge in [0.1, 0.15) is 16.3 Å². The van der Waals surface area contributed by atoms with Crippen LogP contribution >= 0.6 is 11.6 Å². The fourth-order valence-electron chi connectivity index (χ4n) is 4.00. The van der Waals surface area contributed by atoms with Gasteiger partial charge in [-0.3, -0.25) is 4.79 Å². The second kappa shape index (κ2) is 9.82. The summed E-state index contributed by atoms with van der Waals surface area (Å²) in [7, 11) is -2.39. The average molecular weight is 500 g/mol. The molecule has 1 aromatic heterocycles. The lowest BCUT2D eigenvalue weighted by molar-refractivity contribution is -0.120. The molecule has 1 amide bonds. The highest BCUT2D eigenvalue weighted by Crippen LogP contribution is 2.32. The van der Waals surface area contributed by atoms with E-state index in [4.69, 9.17) is 16.3 Å². The molecule has 1 aromatic carbocycles. The Bertz CT molecular complexity index is 1200. The third-order valence-corrected chi connectivity index (χ3v) is 8.26. The molecule has 1 saturated heterocycles. The zero-order valence-corrected chi connectivity index (χ0v) is 20.5. The number of carbonyl (C=O) groups excluding carboxylic acids is 2. The van der Waals surface area contributed by atoms with Crippen molar-refractivity contribution in [1.29, 1.82) is 0 Å². The predicted octanol–water partition coefficient (Wildman–Crippen LogP) is 3.65. The van der Waals surface area contributed by atoms with Crippen LogP contribution in [0, 0.1) is 25.6 Å². The molecule has 1 aliphatic heterocycles. The van der Waals surface area contributed by atoms with Gasteiger partial charge in [-0.05, 0) is 51.8 Å².